The summed E-state index contributed by atoms with van der Waals surface area (Å²) in [5.41, 5.74) is 4.59. The summed E-state index contributed by atoms with van der Waals surface area (Å²) < 4.78 is 5.76. The van der Waals surface area contributed by atoms with Crippen LogP contribution < -0.4 is 15.5 Å². The minimum Gasteiger partial charge on any atom is -0.489 e. The molecule has 0 aliphatic heterocycles. The maximum Gasteiger partial charge on any atom is 0.262 e. The number of nitrogens with one attached hydrogen (secondary N) is 2. The summed E-state index contributed by atoms with van der Waals surface area (Å²) in [4.78, 5) is 25.2. The van der Waals surface area contributed by atoms with Gasteiger partial charge in [-0.25, -0.2) is 5.43 Å². The first-order valence-corrected chi connectivity index (χ1v) is 11.4. The first-order chi connectivity index (χ1) is 16.3. The molecule has 0 fully saturated rings. The van der Waals surface area contributed by atoms with Gasteiger partial charge in [0.05, 0.1) is 16.8 Å². The van der Waals surface area contributed by atoms with Gasteiger partial charge in [0.25, 0.3) is 11.8 Å². The Morgan fingerprint density at radius 1 is 1.00 bits per heavy atom. The zero-order chi connectivity index (χ0) is 24.5. The molecule has 3 aromatic rings. The molecule has 3 rings (SSSR count). The van der Waals surface area contributed by atoms with Gasteiger partial charge >= 0.3 is 0 Å². The Morgan fingerprint density at radius 3 is 2.35 bits per heavy atom. The van der Waals surface area contributed by atoms with Gasteiger partial charge in [0.15, 0.2) is 0 Å². The monoisotopic (exact) mass is 497 g/mol. The summed E-state index contributed by atoms with van der Waals surface area (Å²) in [5, 5.41) is 7.36. The summed E-state index contributed by atoms with van der Waals surface area (Å²) in [6.45, 7) is 4.13. The van der Waals surface area contributed by atoms with Crippen LogP contribution in [0.3, 0.4) is 0 Å². The Labute approximate surface area is 208 Å². The normalized spacial score (nSPS) is 11.9. The predicted octanol–water partition coefficient (Wildman–Crippen LogP) is 5.48. The molecule has 0 radical (unpaired) electrons. The van der Waals surface area contributed by atoms with Gasteiger partial charge in [-0.05, 0) is 59.5 Å². The first-order valence-electron chi connectivity index (χ1n) is 10.7. The van der Waals surface area contributed by atoms with Crippen molar-refractivity contribution in [3.05, 3.63) is 99.5 Å². The average Bonchev–Trinajstić information content (AvgIpc) is 2.82. The molecular formula is C26H25Cl2N3O3. The summed E-state index contributed by atoms with van der Waals surface area (Å²) in [7, 11) is 0. The molecule has 0 saturated heterocycles. The maximum absolute atomic E-state index is 12.6. The highest BCUT2D eigenvalue weighted by Gasteiger charge is 2.25. The number of carbonyl (C=O) groups is 2. The van der Waals surface area contributed by atoms with Crippen LogP contribution in [0.25, 0.3) is 0 Å². The van der Waals surface area contributed by atoms with Crippen LogP contribution in [0.4, 0.5) is 0 Å². The summed E-state index contributed by atoms with van der Waals surface area (Å²) >= 11 is 12.0. The van der Waals surface area contributed by atoms with E-state index in [1.165, 1.54) is 18.3 Å². The van der Waals surface area contributed by atoms with Crippen LogP contribution in [-0.4, -0.2) is 24.1 Å². The molecular weight excluding hydrogens is 473 g/mol. The standard InChI is InChI=1S/C26H25Cl2N3O3/c1-17(2)24(30-25(32)22-13-10-20(27)14-23(22)28)26(33)31-29-15-18-8-11-21(12-9-18)34-16-19-6-4-3-5-7-19/h3-15,17,24H,16H2,1-2H3,(H,30,32)(H,31,33). The Kier molecular flexibility index (Phi) is 9.08. The number of nitrogens with zero attached hydrogens (tertiary/aromatic N) is 1. The molecule has 2 N–H and O–H groups in total. The highest BCUT2D eigenvalue weighted by atomic mass is 35.5. The van der Waals surface area contributed by atoms with Gasteiger partial charge in [0.1, 0.15) is 18.4 Å². The fourth-order valence-electron chi connectivity index (χ4n) is 3.06. The zero-order valence-corrected chi connectivity index (χ0v) is 20.3. The second-order valence-corrected chi connectivity index (χ2v) is 8.74. The Hall–Kier alpha value is -3.35. The molecule has 0 aliphatic rings. The second kappa shape index (κ2) is 12.2. The lowest BCUT2D eigenvalue weighted by Crippen LogP contribution is -2.48. The third-order valence-corrected chi connectivity index (χ3v) is 5.48. The van der Waals surface area contributed by atoms with Crippen molar-refractivity contribution in [3.8, 4) is 5.75 Å². The largest absolute Gasteiger partial charge is 0.489 e. The van der Waals surface area contributed by atoms with Crippen LogP contribution in [0.2, 0.25) is 10.0 Å². The van der Waals surface area contributed by atoms with Crippen molar-refractivity contribution >= 4 is 41.2 Å². The highest BCUT2D eigenvalue weighted by molar-refractivity contribution is 6.36. The van der Waals surface area contributed by atoms with Crippen LogP contribution in [0, 0.1) is 5.92 Å². The summed E-state index contributed by atoms with van der Waals surface area (Å²) in [6, 6.07) is 21.0. The third-order valence-electron chi connectivity index (χ3n) is 4.93. The van der Waals surface area contributed by atoms with Crippen molar-refractivity contribution in [1.82, 2.24) is 10.7 Å². The van der Waals surface area contributed by atoms with E-state index in [1.807, 2.05) is 68.4 Å². The molecule has 2 amide bonds. The highest BCUT2D eigenvalue weighted by Crippen LogP contribution is 2.21. The van der Waals surface area contributed by atoms with Gasteiger partial charge in [-0.2, -0.15) is 5.10 Å². The average molecular weight is 498 g/mol. The third kappa shape index (κ3) is 7.33. The number of ether oxygens (including phenoxy) is 1. The van der Waals surface area contributed by atoms with Gasteiger partial charge in [0, 0.05) is 5.02 Å². The molecule has 0 saturated carbocycles. The van der Waals surface area contributed by atoms with E-state index in [2.05, 4.69) is 15.8 Å². The number of rotatable bonds is 9. The lowest BCUT2D eigenvalue weighted by Gasteiger charge is -2.20. The van der Waals surface area contributed by atoms with Gasteiger partial charge in [-0.1, -0.05) is 67.4 Å². The molecule has 3 aromatic carbocycles. The van der Waals surface area contributed by atoms with E-state index >= 15 is 0 Å². The molecule has 0 spiro atoms. The van der Waals surface area contributed by atoms with Crippen molar-refractivity contribution in [2.45, 2.75) is 26.5 Å². The Bertz CT molecular complexity index is 1150. The van der Waals surface area contributed by atoms with E-state index in [1.54, 1.807) is 6.07 Å². The van der Waals surface area contributed by atoms with Crippen LogP contribution in [0.1, 0.15) is 35.3 Å². The number of halogens is 2. The van der Waals surface area contributed by atoms with Gasteiger partial charge in [-0.3, -0.25) is 9.59 Å². The van der Waals surface area contributed by atoms with Gasteiger partial charge in [-0.15, -0.1) is 0 Å². The fourth-order valence-corrected chi connectivity index (χ4v) is 3.55. The number of benzene rings is 3. The number of carbonyl (C=O) groups excluding carboxylic acids is 2. The van der Waals surface area contributed by atoms with Crippen LogP contribution in [0.5, 0.6) is 5.75 Å². The molecule has 6 nitrogen and oxygen atoms in total. The molecule has 0 heterocycles. The Balaban J connectivity index is 1.54. The lowest BCUT2D eigenvalue weighted by atomic mass is 10.0. The van der Waals surface area contributed by atoms with Crippen molar-refractivity contribution < 1.29 is 14.3 Å². The smallest absolute Gasteiger partial charge is 0.262 e. The lowest BCUT2D eigenvalue weighted by molar-refractivity contribution is -0.123. The first kappa shape index (κ1) is 25.3. The molecule has 1 atom stereocenters. The fraction of sp³-hybridized carbons (Fsp3) is 0.192. The van der Waals surface area contributed by atoms with Crippen LogP contribution in [0.15, 0.2) is 77.9 Å². The van der Waals surface area contributed by atoms with E-state index in [0.29, 0.717) is 11.6 Å². The van der Waals surface area contributed by atoms with Gasteiger partial charge in [0.2, 0.25) is 0 Å². The molecule has 0 bridgehead atoms. The SMILES string of the molecule is CC(C)C(NC(=O)c1ccc(Cl)cc1Cl)C(=O)NN=Cc1ccc(OCc2ccccc2)cc1. The molecule has 34 heavy (non-hydrogen) atoms. The van der Waals surface area contributed by atoms with Crippen LogP contribution in [-0.2, 0) is 11.4 Å². The van der Waals surface area contributed by atoms with Crippen molar-refractivity contribution in [2.75, 3.05) is 0 Å². The van der Waals surface area contributed by atoms with E-state index in [-0.39, 0.29) is 16.5 Å². The molecule has 0 aliphatic carbocycles. The minimum atomic E-state index is -0.801. The van der Waals surface area contributed by atoms with E-state index < -0.39 is 17.9 Å². The quantitative estimate of drug-likeness (QED) is 0.303. The summed E-state index contributed by atoms with van der Waals surface area (Å²) in [5.74, 6) is -0.349. The Morgan fingerprint density at radius 2 is 1.71 bits per heavy atom. The van der Waals surface area contributed by atoms with E-state index in [0.717, 1.165) is 16.9 Å². The van der Waals surface area contributed by atoms with Crippen molar-refractivity contribution in [3.63, 3.8) is 0 Å². The number of hydrogen-bond acceptors (Lipinski definition) is 4. The van der Waals surface area contributed by atoms with Crippen LogP contribution >= 0.6 is 23.2 Å². The maximum atomic E-state index is 12.6. The number of amides is 2. The van der Waals surface area contributed by atoms with Gasteiger partial charge < -0.3 is 10.1 Å². The molecule has 0 aromatic heterocycles. The minimum absolute atomic E-state index is 0.175. The summed E-state index contributed by atoms with van der Waals surface area (Å²) in [6.07, 6.45) is 1.52. The van der Waals surface area contributed by atoms with Crippen molar-refractivity contribution in [2.24, 2.45) is 11.0 Å². The van der Waals surface area contributed by atoms with E-state index in [9.17, 15) is 9.59 Å². The zero-order valence-electron chi connectivity index (χ0n) is 18.8. The molecule has 176 valence electrons. The number of hydrogen-bond donors (Lipinski definition) is 2. The topological polar surface area (TPSA) is 79.8 Å². The van der Waals surface area contributed by atoms with Crippen molar-refractivity contribution in [1.29, 1.82) is 0 Å². The number of hydrazone groups is 1. The van der Waals surface area contributed by atoms with E-state index in [4.69, 9.17) is 27.9 Å². The molecule has 8 heteroatoms. The second-order valence-electron chi connectivity index (χ2n) is 7.90. The predicted molar refractivity (Wildman–Crippen MR) is 136 cm³/mol. The molecule has 1 unspecified atom stereocenters.